The van der Waals surface area contributed by atoms with Gasteiger partial charge in [-0.05, 0) is 24.7 Å². The summed E-state index contributed by atoms with van der Waals surface area (Å²) in [5, 5.41) is 0. The van der Waals surface area contributed by atoms with Crippen LogP contribution in [0.5, 0.6) is 0 Å². The van der Waals surface area contributed by atoms with Gasteiger partial charge in [0.05, 0.1) is 13.5 Å². The minimum Gasteiger partial charge on any atom is -0.469 e. The number of carbonyl (C=O) groups is 1. The summed E-state index contributed by atoms with van der Waals surface area (Å²) in [6.45, 7) is 6.36. The van der Waals surface area contributed by atoms with Crippen molar-refractivity contribution in [2.75, 3.05) is 7.11 Å². The first kappa shape index (κ1) is 15.4. The Morgan fingerprint density at radius 3 is 2.38 bits per heavy atom. The van der Waals surface area contributed by atoms with E-state index < -0.39 is 0 Å². The summed E-state index contributed by atoms with van der Waals surface area (Å²) in [7, 11) is 1.44. The number of unbranched alkanes of at least 4 members (excludes halogenated alkanes) is 1. The van der Waals surface area contributed by atoms with E-state index in [-0.39, 0.29) is 17.4 Å². The molecule has 0 aliphatic carbocycles. The van der Waals surface area contributed by atoms with Crippen LogP contribution in [0.25, 0.3) is 0 Å². The quantitative estimate of drug-likeness (QED) is 0.651. The number of esters is 1. The van der Waals surface area contributed by atoms with Crippen molar-refractivity contribution in [3.05, 3.63) is 0 Å². The van der Waals surface area contributed by atoms with Gasteiger partial charge in [0.15, 0.2) is 0 Å². The molecule has 0 amide bonds. The van der Waals surface area contributed by atoms with E-state index in [1.54, 1.807) is 0 Å². The van der Waals surface area contributed by atoms with Gasteiger partial charge in [0.2, 0.25) is 0 Å². The highest BCUT2D eigenvalue weighted by atomic mass is 16.5. The summed E-state index contributed by atoms with van der Waals surface area (Å²) in [5.41, 5.74) is 6.13. The maximum atomic E-state index is 11.5. The smallest absolute Gasteiger partial charge is 0.306 e. The molecule has 96 valence electrons. The number of carbonyl (C=O) groups excluding carboxylic acids is 1. The molecule has 0 bridgehead atoms. The molecule has 3 nitrogen and oxygen atoms in total. The molecule has 2 unspecified atom stereocenters. The van der Waals surface area contributed by atoms with Crippen LogP contribution in [0.15, 0.2) is 0 Å². The third kappa shape index (κ3) is 4.12. The molecule has 16 heavy (non-hydrogen) atoms. The lowest BCUT2D eigenvalue weighted by Crippen LogP contribution is -2.42. The normalized spacial score (nSPS) is 16.6. The molecule has 0 aliphatic heterocycles. The lowest BCUT2D eigenvalue weighted by Gasteiger charge is -2.37. The first-order valence-corrected chi connectivity index (χ1v) is 6.38. The Labute approximate surface area is 99.7 Å². The molecule has 0 saturated heterocycles. The zero-order chi connectivity index (χ0) is 12.6. The van der Waals surface area contributed by atoms with Gasteiger partial charge in [-0.15, -0.1) is 0 Å². The number of nitrogens with two attached hydrogens (primary N) is 1. The average molecular weight is 229 g/mol. The molecule has 3 heteroatoms. The maximum absolute atomic E-state index is 11.5. The molecule has 0 aromatic carbocycles. The molecule has 2 N–H and O–H groups in total. The van der Waals surface area contributed by atoms with Crippen LogP contribution in [0.1, 0.15) is 59.3 Å². The van der Waals surface area contributed by atoms with Crippen LogP contribution in [-0.2, 0) is 9.53 Å². The molecular weight excluding hydrogens is 202 g/mol. The summed E-state index contributed by atoms with van der Waals surface area (Å²) in [6.07, 6.45) is 5.59. The zero-order valence-electron chi connectivity index (χ0n) is 11.2. The summed E-state index contributed by atoms with van der Waals surface area (Å²) < 4.78 is 4.79. The van der Waals surface area contributed by atoms with Gasteiger partial charge in [-0.2, -0.15) is 0 Å². The van der Waals surface area contributed by atoms with Crippen LogP contribution in [0.3, 0.4) is 0 Å². The van der Waals surface area contributed by atoms with Crippen LogP contribution >= 0.6 is 0 Å². The van der Waals surface area contributed by atoms with Crippen LogP contribution in [0, 0.1) is 5.41 Å². The molecule has 0 rings (SSSR count). The maximum Gasteiger partial charge on any atom is 0.306 e. The number of rotatable bonds is 8. The monoisotopic (exact) mass is 229 g/mol. The van der Waals surface area contributed by atoms with Gasteiger partial charge >= 0.3 is 5.97 Å². The van der Waals surface area contributed by atoms with Gasteiger partial charge in [0.1, 0.15) is 0 Å². The fraction of sp³-hybridized carbons (Fsp3) is 0.923. The van der Waals surface area contributed by atoms with Crippen molar-refractivity contribution in [1.82, 2.24) is 0 Å². The second kappa shape index (κ2) is 7.66. The molecule has 0 heterocycles. The van der Waals surface area contributed by atoms with Crippen molar-refractivity contribution in [1.29, 1.82) is 0 Å². The summed E-state index contributed by atoms with van der Waals surface area (Å²) in [4.78, 5) is 11.5. The third-order valence-electron chi connectivity index (χ3n) is 3.68. The van der Waals surface area contributed by atoms with Crippen molar-refractivity contribution in [3.8, 4) is 0 Å². The van der Waals surface area contributed by atoms with Gasteiger partial charge in [0, 0.05) is 6.04 Å². The van der Waals surface area contributed by atoms with Crippen LogP contribution in [0.4, 0.5) is 0 Å². The Hall–Kier alpha value is -0.570. The predicted octanol–water partition coefficient (Wildman–Crippen LogP) is 2.87. The van der Waals surface area contributed by atoms with E-state index >= 15 is 0 Å². The number of hydrogen-bond donors (Lipinski definition) is 1. The molecule has 0 aromatic heterocycles. The fourth-order valence-corrected chi connectivity index (χ4v) is 2.29. The standard InChI is InChI=1S/C13H27NO2/c1-5-8-9-13(7-3,11(14)6-2)10-12(15)16-4/h11H,5-10,14H2,1-4H3. The van der Waals surface area contributed by atoms with Crippen molar-refractivity contribution < 1.29 is 9.53 Å². The van der Waals surface area contributed by atoms with E-state index in [4.69, 9.17) is 10.5 Å². The minimum absolute atomic E-state index is 0.0716. The Morgan fingerprint density at radius 2 is 2.00 bits per heavy atom. The number of hydrogen-bond acceptors (Lipinski definition) is 3. The van der Waals surface area contributed by atoms with E-state index in [9.17, 15) is 4.79 Å². The first-order chi connectivity index (χ1) is 7.56. The van der Waals surface area contributed by atoms with Gasteiger partial charge in [0.25, 0.3) is 0 Å². The third-order valence-corrected chi connectivity index (χ3v) is 3.68. The first-order valence-electron chi connectivity index (χ1n) is 6.38. The molecule has 2 atom stereocenters. The van der Waals surface area contributed by atoms with E-state index in [0.717, 1.165) is 32.1 Å². The highest BCUT2D eigenvalue weighted by molar-refractivity contribution is 5.70. The molecule has 0 fully saturated rings. The Balaban J connectivity index is 4.72. The molecular formula is C13H27NO2. The van der Waals surface area contributed by atoms with E-state index in [1.807, 2.05) is 0 Å². The van der Waals surface area contributed by atoms with Crippen LogP contribution in [0.2, 0.25) is 0 Å². The predicted molar refractivity (Wildman–Crippen MR) is 67.1 cm³/mol. The van der Waals surface area contributed by atoms with Crippen molar-refractivity contribution in [2.24, 2.45) is 11.1 Å². The Kier molecular flexibility index (Phi) is 7.39. The van der Waals surface area contributed by atoms with E-state index in [2.05, 4.69) is 20.8 Å². The lowest BCUT2D eigenvalue weighted by atomic mass is 9.71. The van der Waals surface area contributed by atoms with Crippen LogP contribution in [-0.4, -0.2) is 19.1 Å². The summed E-state index contributed by atoms with van der Waals surface area (Å²) >= 11 is 0. The fourth-order valence-electron chi connectivity index (χ4n) is 2.29. The molecule has 0 aliphatic rings. The average Bonchev–Trinajstić information content (AvgIpc) is 2.33. The van der Waals surface area contributed by atoms with Gasteiger partial charge in [-0.3, -0.25) is 4.79 Å². The van der Waals surface area contributed by atoms with Gasteiger partial charge in [-0.1, -0.05) is 33.6 Å². The lowest BCUT2D eigenvalue weighted by molar-refractivity contribution is -0.144. The van der Waals surface area contributed by atoms with Crippen molar-refractivity contribution in [3.63, 3.8) is 0 Å². The van der Waals surface area contributed by atoms with E-state index in [0.29, 0.717) is 6.42 Å². The Morgan fingerprint density at radius 1 is 1.38 bits per heavy atom. The largest absolute Gasteiger partial charge is 0.469 e. The zero-order valence-corrected chi connectivity index (χ0v) is 11.2. The highest BCUT2D eigenvalue weighted by Gasteiger charge is 2.36. The SMILES string of the molecule is CCCCC(CC)(CC(=O)OC)C(N)CC. The number of ether oxygens (including phenoxy) is 1. The second-order valence-electron chi connectivity index (χ2n) is 4.59. The second-order valence-corrected chi connectivity index (χ2v) is 4.59. The van der Waals surface area contributed by atoms with Crippen LogP contribution < -0.4 is 5.73 Å². The van der Waals surface area contributed by atoms with E-state index in [1.165, 1.54) is 7.11 Å². The van der Waals surface area contributed by atoms with Gasteiger partial charge in [-0.25, -0.2) is 0 Å². The summed E-state index contributed by atoms with van der Waals surface area (Å²) in [5.74, 6) is -0.137. The topological polar surface area (TPSA) is 52.3 Å². The van der Waals surface area contributed by atoms with Crippen molar-refractivity contribution in [2.45, 2.75) is 65.3 Å². The van der Waals surface area contributed by atoms with Crippen molar-refractivity contribution >= 4 is 5.97 Å². The number of methoxy groups -OCH3 is 1. The molecule has 0 aromatic rings. The molecule has 0 saturated carbocycles. The highest BCUT2D eigenvalue weighted by Crippen LogP contribution is 2.37. The minimum atomic E-state index is -0.137. The molecule has 0 spiro atoms. The summed E-state index contributed by atoms with van der Waals surface area (Å²) in [6, 6.07) is 0.0862. The molecule has 0 radical (unpaired) electrons. The van der Waals surface area contributed by atoms with Gasteiger partial charge < -0.3 is 10.5 Å². The Bertz CT molecular complexity index is 206.